The largest absolute Gasteiger partial charge is 0.491 e. The maximum atomic E-state index is 11.2. The van der Waals surface area contributed by atoms with Gasteiger partial charge in [0.25, 0.3) is 0 Å². The Morgan fingerprint density at radius 3 is 0.938 bits per heavy atom. The second-order valence-corrected chi connectivity index (χ2v) is 9.81. The Balaban J connectivity index is 1.62. The van der Waals surface area contributed by atoms with Crippen molar-refractivity contribution < 1.29 is 66.4 Å². The molecule has 278 valence electrons. The van der Waals surface area contributed by atoms with E-state index in [2.05, 4.69) is 6.58 Å². The fraction of sp³-hybridized carbons (Fsp3) is 0.735. The van der Waals surface area contributed by atoms with Crippen LogP contribution in [0.5, 0.6) is 5.75 Å². The topological polar surface area (TPSA) is 137 Å². The van der Waals surface area contributed by atoms with Gasteiger partial charge in [0.05, 0.1) is 145 Å². The van der Waals surface area contributed by atoms with Gasteiger partial charge in [-0.3, -0.25) is 0 Å². The highest BCUT2D eigenvalue weighted by Crippen LogP contribution is 2.07. The molecule has 0 aromatic heterocycles. The minimum atomic E-state index is -0.414. The van der Waals surface area contributed by atoms with E-state index in [1.165, 1.54) is 0 Å². The number of para-hydroxylation sites is 1. The average Bonchev–Trinajstić information content (AvgIpc) is 3.10. The average molecular weight is 691 g/mol. The first-order valence-corrected chi connectivity index (χ1v) is 16.6. The van der Waals surface area contributed by atoms with Crippen molar-refractivity contribution in [1.29, 1.82) is 0 Å². The lowest BCUT2D eigenvalue weighted by Crippen LogP contribution is -2.16. The van der Waals surface area contributed by atoms with Crippen LogP contribution in [0.1, 0.15) is 6.92 Å². The Morgan fingerprint density at radius 1 is 0.417 bits per heavy atom. The molecule has 0 N–H and O–H groups in total. The Bertz CT molecular complexity index is 829. The van der Waals surface area contributed by atoms with Gasteiger partial charge >= 0.3 is 5.97 Å². The molecule has 0 radical (unpaired) electrons. The molecule has 0 amide bonds. The molecule has 48 heavy (non-hydrogen) atoms. The van der Waals surface area contributed by atoms with Crippen molar-refractivity contribution in [2.75, 3.05) is 159 Å². The summed E-state index contributed by atoms with van der Waals surface area (Å²) in [6.07, 6.45) is 0. The Hall–Kier alpha value is -2.21. The van der Waals surface area contributed by atoms with Gasteiger partial charge in [-0.05, 0) is 19.1 Å². The summed E-state index contributed by atoms with van der Waals surface area (Å²) in [5, 5.41) is 0. The third kappa shape index (κ3) is 32.3. The first-order chi connectivity index (χ1) is 23.7. The summed E-state index contributed by atoms with van der Waals surface area (Å²) < 4.78 is 70.4. The van der Waals surface area contributed by atoms with Gasteiger partial charge in [-0.2, -0.15) is 0 Å². The van der Waals surface area contributed by atoms with Crippen molar-refractivity contribution in [1.82, 2.24) is 0 Å². The fourth-order valence-corrected chi connectivity index (χ4v) is 3.35. The molecule has 0 unspecified atom stereocenters. The van der Waals surface area contributed by atoms with E-state index in [0.29, 0.717) is 158 Å². The van der Waals surface area contributed by atoms with Crippen molar-refractivity contribution in [3.05, 3.63) is 42.5 Å². The van der Waals surface area contributed by atoms with Gasteiger partial charge < -0.3 is 61.6 Å². The van der Waals surface area contributed by atoms with Crippen LogP contribution >= 0.6 is 0 Å². The lowest BCUT2D eigenvalue weighted by atomic mass is 10.3. The Labute approximate surface area is 286 Å². The lowest BCUT2D eigenvalue weighted by Gasteiger charge is -2.09. The SMILES string of the molecule is C=C(C)C(=O)OCCOCCOCCOCCOCCOCCOCCOCCOCCOCCOCCOCCOc1ccccc1. The fourth-order valence-electron chi connectivity index (χ4n) is 3.35. The number of carbonyl (C=O) groups is 1. The van der Waals surface area contributed by atoms with Crippen molar-refractivity contribution in [3.63, 3.8) is 0 Å². The van der Waals surface area contributed by atoms with Gasteiger partial charge in [-0.25, -0.2) is 4.79 Å². The van der Waals surface area contributed by atoms with Crippen LogP contribution in [0.3, 0.4) is 0 Å². The summed E-state index contributed by atoms with van der Waals surface area (Å²) >= 11 is 0. The molecular weight excluding hydrogens is 632 g/mol. The van der Waals surface area contributed by atoms with Crippen LogP contribution in [0.15, 0.2) is 42.5 Å². The molecule has 0 saturated heterocycles. The van der Waals surface area contributed by atoms with E-state index in [1.807, 2.05) is 30.3 Å². The third-order valence-electron chi connectivity index (χ3n) is 5.77. The van der Waals surface area contributed by atoms with Gasteiger partial charge in [0.1, 0.15) is 19.0 Å². The summed E-state index contributed by atoms with van der Waals surface area (Å²) in [5.74, 6) is 0.426. The summed E-state index contributed by atoms with van der Waals surface area (Å²) in [6.45, 7) is 16.5. The van der Waals surface area contributed by atoms with E-state index in [4.69, 9.17) is 61.6 Å². The van der Waals surface area contributed by atoms with Crippen LogP contribution in [0.2, 0.25) is 0 Å². The van der Waals surface area contributed by atoms with E-state index < -0.39 is 5.97 Å². The highest BCUT2D eigenvalue weighted by Gasteiger charge is 2.02. The molecule has 0 saturated carbocycles. The molecule has 0 spiro atoms. The first-order valence-electron chi connectivity index (χ1n) is 16.6. The highest BCUT2D eigenvalue weighted by molar-refractivity contribution is 5.86. The van der Waals surface area contributed by atoms with Crippen LogP contribution in [-0.4, -0.2) is 165 Å². The first kappa shape index (κ1) is 43.8. The van der Waals surface area contributed by atoms with E-state index in [9.17, 15) is 4.79 Å². The van der Waals surface area contributed by atoms with Crippen LogP contribution in [0.25, 0.3) is 0 Å². The van der Waals surface area contributed by atoms with E-state index in [-0.39, 0.29) is 6.61 Å². The molecule has 0 atom stereocenters. The summed E-state index contributed by atoms with van der Waals surface area (Å²) in [4.78, 5) is 11.2. The number of ether oxygens (including phenoxy) is 13. The second kappa shape index (κ2) is 36.1. The number of hydrogen-bond acceptors (Lipinski definition) is 14. The molecule has 14 nitrogen and oxygen atoms in total. The van der Waals surface area contributed by atoms with Gasteiger partial charge in [0.15, 0.2) is 0 Å². The maximum Gasteiger partial charge on any atom is 0.333 e. The minimum absolute atomic E-state index is 0.198. The van der Waals surface area contributed by atoms with Gasteiger partial charge in [-0.15, -0.1) is 0 Å². The van der Waals surface area contributed by atoms with Crippen molar-refractivity contribution in [2.24, 2.45) is 0 Å². The molecule has 0 aliphatic heterocycles. The predicted octanol–water partition coefficient (Wildman–Crippen LogP) is 2.37. The van der Waals surface area contributed by atoms with Crippen LogP contribution in [-0.2, 0) is 61.6 Å². The molecule has 0 aliphatic rings. The number of rotatable bonds is 38. The minimum Gasteiger partial charge on any atom is -0.491 e. The lowest BCUT2D eigenvalue weighted by molar-refractivity contribution is -0.140. The van der Waals surface area contributed by atoms with Crippen molar-refractivity contribution >= 4 is 5.97 Å². The summed E-state index contributed by atoms with van der Waals surface area (Å²) in [6, 6.07) is 9.66. The van der Waals surface area contributed by atoms with Gasteiger partial charge in [-0.1, -0.05) is 24.8 Å². The standard InChI is InChI=1S/C34H58O14/c1-32(2)34(35)48-31-29-46-27-25-44-23-21-42-19-17-40-15-13-38-11-9-36-8-10-37-12-14-39-16-18-41-20-22-43-24-26-45-28-30-47-33-6-4-3-5-7-33/h3-7H,1,8-31H2,2H3. The monoisotopic (exact) mass is 690 g/mol. The maximum absolute atomic E-state index is 11.2. The predicted molar refractivity (Wildman–Crippen MR) is 177 cm³/mol. The second-order valence-electron chi connectivity index (χ2n) is 9.81. The highest BCUT2D eigenvalue weighted by atomic mass is 16.6. The van der Waals surface area contributed by atoms with Crippen molar-refractivity contribution in [2.45, 2.75) is 6.92 Å². The molecule has 14 heteroatoms. The van der Waals surface area contributed by atoms with E-state index in [1.54, 1.807) is 6.92 Å². The third-order valence-corrected chi connectivity index (χ3v) is 5.77. The zero-order chi connectivity index (χ0) is 34.4. The number of esters is 1. The molecule has 0 fully saturated rings. The molecular formula is C34H58O14. The molecule has 1 rings (SSSR count). The van der Waals surface area contributed by atoms with Crippen molar-refractivity contribution in [3.8, 4) is 5.75 Å². The Kier molecular flexibility index (Phi) is 32.9. The zero-order valence-electron chi connectivity index (χ0n) is 28.8. The van der Waals surface area contributed by atoms with Crippen LogP contribution in [0, 0.1) is 0 Å². The van der Waals surface area contributed by atoms with Crippen LogP contribution < -0.4 is 4.74 Å². The Morgan fingerprint density at radius 2 is 0.667 bits per heavy atom. The summed E-state index contributed by atoms with van der Waals surface area (Å²) in [5.41, 5.74) is 0.369. The molecule has 0 bridgehead atoms. The van der Waals surface area contributed by atoms with Gasteiger partial charge in [0, 0.05) is 5.57 Å². The van der Waals surface area contributed by atoms with Crippen LogP contribution in [0.4, 0.5) is 0 Å². The summed E-state index contributed by atoms with van der Waals surface area (Å²) in [7, 11) is 0. The normalized spacial score (nSPS) is 11.2. The number of benzene rings is 1. The van der Waals surface area contributed by atoms with E-state index in [0.717, 1.165) is 5.75 Å². The molecule has 1 aromatic carbocycles. The molecule has 0 aliphatic carbocycles. The quantitative estimate of drug-likeness (QED) is 0.0570. The smallest absolute Gasteiger partial charge is 0.333 e. The number of carbonyl (C=O) groups excluding carboxylic acids is 1. The zero-order valence-corrected chi connectivity index (χ0v) is 28.8. The molecule has 1 aromatic rings. The number of hydrogen-bond donors (Lipinski definition) is 0. The molecule has 0 heterocycles. The van der Waals surface area contributed by atoms with Gasteiger partial charge in [0.2, 0.25) is 0 Å². The van der Waals surface area contributed by atoms with E-state index >= 15 is 0 Å².